The molecule has 0 saturated heterocycles. The molecule has 0 fully saturated rings. The third kappa shape index (κ3) is 7.08. The van der Waals surface area contributed by atoms with Gasteiger partial charge in [0.1, 0.15) is 12.4 Å². The predicted molar refractivity (Wildman–Crippen MR) is 70.8 cm³/mol. The summed E-state index contributed by atoms with van der Waals surface area (Å²) in [6, 6.07) is 7.02. The highest BCUT2D eigenvalue weighted by Crippen LogP contribution is 2.18. The number of esters is 2. The number of carbonyl (C=O) groups excluding carboxylic acids is 2. The smallest absolute Gasteiger partial charge is 0.343 e. The lowest BCUT2D eigenvalue weighted by atomic mass is 10.2. The minimum absolute atomic E-state index is 0.118. The van der Waals surface area contributed by atoms with Crippen molar-refractivity contribution in [2.75, 3.05) is 13.7 Å². The van der Waals surface area contributed by atoms with Gasteiger partial charge in [-0.2, -0.15) is 0 Å². The monoisotopic (exact) mass is 268 g/mol. The van der Waals surface area contributed by atoms with E-state index in [1.807, 2.05) is 13.8 Å². The number of para-hydroxylation sites is 1. The lowest BCUT2D eigenvalue weighted by Crippen LogP contribution is -2.13. The molecule has 0 aromatic heterocycles. The van der Waals surface area contributed by atoms with Crippen LogP contribution in [0.15, 0.2) is 24.3 Å². The highest BCUT2D eigenvalue weighted by molar-refractivity contribution is 5.71. The Morgan fingerprint density at radius 3 is 2.37 bits per heavy atom. The molecule has 5 heteroatoms. The SMILES string of the molecule is CC.COC(=O)COc1ccccc1COC(C)=O. The first kappa shape index (κ1) is 17.0. The summed E-state index contributed by atoms with van der Waals surface area (Å²) < 4.78 is 14.6. The molecule has 0 radical (unpaired) electrons. The second-order valence-electron chi connectivity index (χ2n) is 3.25. The van der Waals surface area contributed by atoms with Crippen molar-refractivity contribution in [3.63, 3.8) is 0 Å². The van der Waals surface area contributed by atoms with E-state index in [4.69, 9.17) is 9.47 Å². The largest absolute Gasteiger partial charge is 0.481 e. The molecule has 0 bridgehead atoms. The Balaban J connectivity index is 0.00000154. The van der Waals surface area contributed by atoms with E-state index in [0.29, 0.717) is 11.3 Å². The second-order valence-corrected chi connectivity index (χ2v) is 3.25. The van der Waals surface area contributed by atoms with Gasteiger partial charge in [0, 0.05) is 12.5 Å². The highest BCUT2D eigenvalue weighted by Gasteiger charge is 2.07. The van der Waals surface area contributed by atoms with Crippen molar-refractivity contribution in [2.45, 2.75) is 27.4 Å². The molecule has 106 valence electrons. The minimum Gasteiger partial charge on any atom is -0.481 e. The minimum atomic E-state index is -0.465. The van der Waals surface area contributed by atoms with E-state index < -0.39 is 5.97 Å². The molecular weight excluding hydrogens is 248 g/mol. The van der Waals surface area contributed by atoms with Gasteiger partial charge in [0.15, 0.2) is 6.61 Å². The van der Waals surface area contributed by atoms with Gasteiger partial charge in [0.25, 0.3) is 0 Å². The Morgan fingerprint density at radius 2 is 1.79 bits per heavy atom. The normalized spacial score (nSPS) is 8.84. The van der Waals surface area contributed by atoms with Gasteiger partial charge < -0.3 is 14.2 Å². The number of methoxy groups -OCH3 is 1. The number of hydrogen-bond acceptors (Lipinski definition) is 5. The molecule has 0 saturated carbocycles. The van der Waals surface area contributed by atoms with Gasteiger partial charge in [-0.3, -0.25) is 4.79 Å². The summed E-state index contributed by atoms with van der Waals surface area (Å²) in [4.78, 5) is 21.6. The number of benzene rings is 1. The Bertz CT molecular complexity index is 401. The average Bonchev–Trinajstić information content (AvgIpc) is 2.45. The van der Waals surface area contributed by atoms with Crippen LogP contribution in [0.5, 0.6) is 5.75 Å². The number of ether oxygens (including phenoxy) is 3. The quantitative estimate of drug-likeness (QED) is 0.767. The Labute approximate surface area is 113 Å². The maximum absolute atomic E-state index is 10.9. The lowest BCUT2D eigenvalue weighted by Gasteiger charge is -2.10. The molecule has 19 heavy (non-hydrogen) atoms. The molecule has 0 atom stereocenters. The molecule has 0 amide bonds. The van der Waals surface area contributed by atoms with Crippen molar-refractivity contribution in [1.29, 1.82) is 0 Å². The molecule has 0 aliphatic heterocycles. The summed E-state index contributed by atoms with van der Waals surface area (Å²) in [5.41, 5.74) is 0.701. The zero-order valence-corrected chi connectivity index (χ0v) is 11.8. The van der Waals surface area contributed by atoms with Gasteiger partial charge >= 0.3 is 11.9 Å². The zero-order valence-electron chi connectivity index (χ0n) is 11.8. The van der Waals surface area contributed by atoms with Crippen LogP contribution in [-0.4, -0.2) is 25.7 Å². The summed E-state index contributed by atoms with van der Waals surface area (Å²) in [7, 11) is 1.29. The van der Waals surface area contributed by atoms with Crippen molar-refractivity contribution in [3.05, 3.63) is 29.8 Å². The Hall–Kier alpha value is -2.04. The predicted octanol–water partition coefficient (Wildman–Crippen LogP) is 2.33. The first-order valence-electron chi connectivity index (χ1n) is 6.04. The van der Waals surface area contributed by atoms with Crippen LogP contribution >= 0.6 is 0 Å². The van der Waals surface area contributed by atoms with Gasteiger partial charge in [-0.1, -0.05) is 32.0 Å². The standard InChI is InChI=1S/C12H14O5.C2H6/c1-9(13)16-7-10-5-3-4-6-11(10)17-8-12(14)15-2;1-2/h3-6H,7-8H2,1-2H3;1-2H3. The van der Waals surface area contributed by atoms with E-state index in [1.54, 1.807) is 24.3 Å². The van der Waals surface area contributed by atoms with E-state index in [9.17, 15) is 9.59 Å². The van der Waals surface area contributed by atoms with Gasteiger partial charge in [0.05, 0.1) is 7.11 Å². The third-order valence-corrected chi connectivity index (χ3v) is 1.98. The second kappa shape index (κ2) is 9.94. The molecule has 0 aliphatic rings. The molecule has 0 unspecified atom stereocenters. The van der Waals surface area contributed by atoms with Crippen LogP contribution in [0, 0.1) is 0 Å². The van der Waals surface area contributed by atoms with Crippen molar-refractivity contribution < 1.29 is 23.8 Å². The lowest BCUT2D eigenvalue weighted by molar-refractivity contribution is -0.144. The van der Waals surface area contributed by atoms with Crippen molar-refractivity contribution in [1.82, 2.24) is 0 Å². The first-order valence-corrected chi connectivity index (χ1v) is 6.04. The fourth-order valence-corrected chi connectivity index (χ4v) is 1.14. The average molecular weight is 268 g/mol. The molecule has 5 nitrogen and oxygen atoms in total. The highest BCUT2D eigenvalue weighted by atomic mass is 16.6. The summed E-state index contributed by atoms with van der Waals surface area (Å²) in [6.07, 6.45) is 0. The summed E-state index contributed by atoms with van der Waals surface area (Å²) in [5.74, 6) is -0.334. The van der Waals surface area contributed by atoms with Crippen LogP contribution in [0.4, 0.5) is 0 Å². The molecule has 0 N–H and O–H groups in total. The number of hydrogen-bond donors (Lipinski definition) is 0. The van der Waals surface area contributed by atoms with Crippen molar-refractivity contribution >= 4 is 11.9 Å². The maximum atomic E-state index is 10.9. The van der Waals surface area contributed by atoms with Gasteiger partial charge in [-0.25, -0.2) is 4.79 Å². The van der Waals surface area contributed by atoms with E-state index in [1.165, 1.54) is 14.0 Å². The molecule has 0 spiro atoms. The van der Waals surface area contributed by atoms with E-state index in [2.05, 4.69) is 4.74 Å². The topological polar surface area (TPSA) is 61.8 Å². The zero-order chi connectivity index (χ0) is 14.7. The first-order chi connectivity index (χ1) is 9.13. The van der Waals surface area contributed by atoms with Crippen LogP contribution in [0.2, 0.25) is 0 Å². The summed E-state index contributed by atoms with van der Waals surface area (Å²) in [6.45, 7) is 5.28. The van der Waals surface area contributed by atoms with Gasteiger partial charge in [-0.15, -0.1) is 0 Å². The molecule has 0 aliphatic carbocycles. The van der Waals surface area contributed by atoms with Crippen molar-refractivity contribution in [3.8, 4) is 5.75 Å². The molecule has 1 rings (SSSR count). The van der Waals surface area contributed by atoms with Crippen molar-refractivity contribution in [2.24, 2.45) is 0 Å². The van der Waals surface area contributed by atoms with Gasteiger partial charge in [-0.05, 0) is 6.07 Å². The maximum Gasteiger partial charge on any atom is 0.343 e. The fraction of sp³-hybridized carbons (Fsp3) is 0.429. The third-order valence-electron chi connectivity index (χ3n) is 1.98. The number of carbonyl (C=O) groups is 2. The van der Waals surface area contributed by atoms with Crippen LogP contribution in [0.1, 0.15) is 26.3 Å². The summed E-state index contributed by atoms with van der Waals surface area (Å²) in [5, 5.41) is 0. The van der Waals surface area contributed by atoms with Gasteiger partial charge in [0.2, 0.25) is 0 Å². The Morgan fingerprint density at radius 1 is 1.16 bits per heavy atom. The number of rotatable bonds is 5. The fourth-order valence-electron chi connectivity index (χ4n) is 1.14. The Kier molecular flexibility index (Phi) is 8.87. The van der Waals surface area contributed by atoms with Crippen LogP contribution in [-0.2, 0) is 25.7 Å². The van der Waals surface area contributed by atoms with Crippen LogP contribution in [0.25, 0.3) is 0 Å². The van der Waals surface area contributed by atoms with Crippen LogP contribution in [0.3, 0.4) is 0 Å². The van der Waals surface area contributed by atoms with Crippen LogP contribution < -0.4 is 4.74 Å². The van der Waals surface area contributed by atoms with E-state index >= 15 is 0 Å². The molecular formula is C14H20O5. The molecule has 0 heterocycles. The van der Waals surface area contributed by atoms with E-state index in [0.717, 1.165) is 0 Å². The molecule has 1 aromatic rings. The van der Waals surface area contributed by atoms with E-state index in [-0.39, 0.29) is 19.2 Å². The summed E-state index contributed by atoms with van der Waals surface area (Å²) >= 11 is 0. The molecule has 1 aromatic carbocycles.